The van der Waals surface area contributed by atoms with Crippen LogP contribution in [-0.2, 0) is 6.42 Å². The van der Waals surface area contributed by atoms with Gasteiger partial charge in [0.05, 0.1) is 12.1 Å². The minimum absolute atomic E-state index is 0. The van der Waals surface area contributed by atoms with Crippen LogP contribution in [0.5, 0.6) is 0 Å². The first-order chi connectivity index (χ1) is 9.72. The molecular formula is C15H26IN3OS. The Morgan fingerprint density at radius 3 is 2.76 bits per heavy atom. The maximum absolute atomic E-state index is 10.3. The summed E-state index contributed by atoms with van der Waals surface area (Å²) in [6, 6.07) is 4.23. The Kier molecular flexibility index (Phi) is 8.58. The summed E-state index contributed by atoms with van der Waals surface area (Å²) in [5.41, 5.74) is -0.573. The van der Waals surface area contributed by atoms with E-state index in [0.29, 0.717) is 6.54 Å². The van der Waals surface area contributed by atoms with Crippen LogP contribution in [0.4, 0.5) is 0 Å². The molecule has 1 aromatic heterocycles. The molecule has 21 heavy (non-hydrogen) atoms. The van der Waals surface area contributed by atoms with Crippen LogP contribution in [-0.4, -0.2) is 36.3 Å². The molecule has 120 valence electrons. The van der Waals surface area contributed by atoms with E-state index in [0.717, 1.165) is 51.2 Å². The Labute approximate surface area is 148 Å². The van der Waals surface area contributed by atoms with Crippen molar-refractivity contribution in [2.24, 2.45) is 4.99 Å². The molecule has 0 unspecified atom stereocenters. The van der Waals surface area contributed by atoms with Crippen LogP contribution in [0.1, 0.15) is 37.5 Å². The van der Waals surface area contributed by atoms with E-state index in [9.17, 15) is 5.11 Å². The van der Waals surface area contributed by atoms with Gasteiger partial charge in [0, 0.05) is 18.0 Å². The molecule has 0 saturated heterocycles. The smallest absolute Gasteiger partial charge is 0.191 e. The summed E-state index contributed by atoms with van der Waals surface area (Å²) in [5, 5.41) is 19.0. The van der Waals surface area contributed by atoms with Crippen molar-refractivity contribution < 1.29 is 5.11 Å². The SMILES string of the molecule is CCNC(=NCC1(O)CCCC1)NCCc1cccs1.I. The van der Waals surface area contributed by atoms with Gasteiger partial charge in [0.15, 0.2) is 5.96 Å². The van der Waals surface area contributed by atoms with E-state index in [2.05, 4.69) is 40.1 Å². The highest BCUT2D eigenvalue weighted by molar-refractivity contribution is 14.0. The number of hydrogen-bond donors (Lipinski definition) is 3. The monoisotopic (exact) mass is 423 g/mol. The lowest BCUT2D eigenvalue weighted by molar-refractivity contribution is 0.0574. The predicted octanol–water partition coefficient (Wildman–Crippen LogP) is 2.77. The molecule has 0 aromatic carbocycles. The largest absolute Gasteiger partial charge is 0.388 e. The van der Waals surface area contributed by atoms with Crippen molar-refractivity contribution in [2.45, 2.75) is 44.6 Å². The Hall–Kier alpha value is -0.340. The second-order valence-electron chi connectivity index (χ2n) is 5.38. The molecule has 1 saturated carbocycles. The first kappa shape index (κ1) is 18.7. The van der Waals surface area contributed by atoms with E-state index in [1.165, 1.54) is 4.88 Å². The number of guanidine groups is 1. The summed E-state index contributed by atoms with van der Waals surface area (Å²) in [6.07, 6.45) is 5.01. The van der Waals surface area contributed by atoms with Gasteiger partial charge in [-0.2, -0.15) is 0 Å². The average Bonchev–Trinajstić information content (AvgIpc) is 3.08. The van der Waals surface area contributed by atoms with Crippen molar-refractivity contribution in [3.63, 3.8) is 0 Å². The van der Waals surface area contributed by atoms with Crippen LogP contribution in [0.2, 0.25) is 0 Å². The molecule has 1 aromatic rings. The Morgan fingerprint density at radius 1 is 1.38 bits per heavy atom. The number of thiophene rings is 1. The van der Waals surface area contributed by atoms with Crippen molar-refractivity contribution in [1.82, 2.24) is 10.6 Å². The molecule has 0 bridgehead atoms. The lowest BCUT2D eigenvalue weighted by Crippen LogP contribution is -2.40. The fraction of sp³-hybridized carbons (Fsp3) is 0.667. The van der Waals surface area contributed by atoms with Crippen LogP contribution in [0.15, 0.2) is 22.5 Å². The minimum Gasteiger partial charge on any atom is -0.388 e. The molecule has 3 N–H and O–H groups in total. The predicted molar refractivity (Wildman–Crippen MR) is 101 cm³/mol. The summed E-state index contributed by atoms with van der Waals surface area (Å²) in [5.74, 6) is 0.810. The molecule has 1 aliphatic rings. The maximum atomic E-state index is 10.3. The third kappa shape index (κ3) is 6.52. The van der Waals surface area contributed by atoms with Gasteiger partial charge < -0.3 is 15.7 Å². The molecule has 2 rings (SSSR count). The second kappa shape index (κ2) is 9.63. The van der Waals surface area contributed by atoms with Crippen molar-refractivity contribution >= 4 is 41.3 Å². The molecule has 0 radical (unpaired) electrons. The summed E-state index contributed by atoms with van der Waals surface area (Å²) in [6.45, 7) is 4.26. The van der Waals surface area contributed by atoms with Gasteiger partial charge in [-0.25, -0.2) is 0 Å². The average molecular weight is 423 g/mol. The van der Waals surface area contributed by atoms with Crippen molar-refractivity contribution in [3.05, 3.63) is 22.4 Å². The Balaban J connectivity index is 0.00000220. The standard InChI is InChI=1S/C15H25N3OS.HI/c1-2-16-14(17-10-7-13-6-5-11-20-13)18-12-15(19)8-3-4-9-15;/h5-6,11,19H,2-4,7-10,12H2,1H3,(H2,16,17,18);1H. The van der Waals surface area contributed by atoms with Gasteiger partial charge in [0.25, 0.3) is 0 Å². The number of halogens is 1. The fourth-order valence-electron chi connectivity index (χ4n) is 2.52. The number of nitrogens with one attached hydrogen (secondary N) is 2. The third-order valence-corrected chi connectivity index (χ3v) is 4.59. The first-order valence-electron chi connectivity index (χ1n) is 7.49. The molecule has 0 spiro atoms. The summed E-state index contributed by atoms with van der Waals surface area (Å²) in [7, 11) is 0. The van der Waals surface area contributed by atoms with Crippen LogP contribution in [0, 0.1) is 0 Å². The van der Waals surface area contributed by atoms with Crippen LogP contribution >= 0.6 is 35.3 Å². The number of aliphatic imine (C=N–C) groups is 1. The zero-order valence-corrected chi connectivity index (χ0v) is 15.7. The van der Waals surface area contributed by atoms with E-state index in [1.54, 1.807) is 11.3 Å². The Bertz CT molecular complexity index is 417. The van der Waals surface area contributed by atoms with E-state index in [1.807, 2.05) is 0 Å². The summed E-state index contributed by atoms with van der Waals surface area (Å²) >= 11 is 1.78. The van der Waals surface area contributed by atoms with Gasteiger partial charge in [-0.3, -0.25) is 4.99 Å². The Morgan fingerprint density at radius 2 is 2.14 bits per heavy atom. The number of rotatable bonds is 6. The van der Waals surface area contributed by atoms with E-state index in [4.69, 9.17) is 0 Å². The normalized spacial score (nSPS) is 17.3. The van der Waals surface area contributed by atoms with Gasteiger partial charge in [-0.1, -0.05) is 18.9 Å². The van der Waals surface area contributed by atoms with Crippen LogP contribution < -0.4 is 10.6 Å². The van der Waals surface area contributed by atoms with E-state index >= 15 is 0 Å². The van der Waals surface area contributed by atoms with Gasteiger partial charge in [-0.05, 0) is 37.6 Å². The second-order valence-corrected chi connectivity index (χ2v) is 6.41. The number of hydrogen-bond acceptors (Lipinski definition) is 3. The fourth-order valence-corrected chi connectivity index (χ4v) is 3.23. The molecule has 1 aliphatic carbocycles. The van der Waals surface area contributed by atoms with Gasteiger partial charge in [-0.15, -0.1) is 35.3 Å². The van der Waals surface area contributed by atoms with Crippen molar-refractivity contribution in [3.8, 4) is 0 Å². The zero-order valence-electron chi connectivity index (χ0n) is 12.6. The third-order valence-electron chi connectivity index (χ3n) is 3.65. The van der Waals surface area contributed by atoms with E-state index < -0.39 is 5.60 Å². The molecule has 1 fully saturated rings. The molecule has 0 aliphatic heterocycles. The van der Waals surface area contributed by atoms with Crippen molar-refractivity contribution in [2.75, 3.05) is 19.6 Å². The molecule has 6 heteroatoms. The first-order valence-corrected chi connectivity index (χ1v) is 8.37. The molecule has 0 atom stereocenters. The number of aliphatic hydroxyl groups is 1. The van der Waals surface area contributed by atoms with E-state index in [-0.39, 0.29) is 24.0 Å². The highest BCUT2D eigenvalue weighted by atomic mass is 127. The zero-order chi connectivity index (χ0) is 14.3. The lowest BCUT2D eigenvalue weighted by atomic mass is 10.0. The number of nitrogens with zero attached hydrogens (tertiary/aromatic N) is 1. The van der Waals surface area contributed by atoms with Crippen LogP contribution in [0.3, 0.4) is 0 Å². The summed E-state index contributed by atoms with van der Waals surface area (Å²) < 4.78 is 0. The van der Waals surface area contributed by atoms with Crippen molar-refractivity contribution in [1.29, 1.82) is 0 Å². The quantitative estimate of drug-likeness (QED) is 0.375. The van der Waals surface area contributed by atoms with Gasteiger partial charge in [0.1, 0.15) is 0 Å². The lowest BCUT2D eigenvalue weighted by Gasteiger charge is -2.20. The maximum Gasteiger partial charge on any atom is 0.191 e. The molecular weight excluding hydrogens is 397 g/mol. The highest BCUT2D eigenvalue weighted by Crippen LogP contribution is 2.29. The topological polar surface area (TPSA) is 56.7 Å². The minimum atomic E-state index is -0.573. The molecule has 0 amide bonds. The highest BCUT2D eigenvalue weighted by Gasteiger charge is 2.30. The van der Waals surface area contributed by atoms with Crippen LogP contribution in [0.25, 0.3) is 0 Å². The van der Waals surface area contributed by atoms with Gasteiger partial charge >= 0.3 is 0 Å². The molecule has 4 nitrogen and oxygen atoms in total. The summed E-state index contributed by atoms with van der Waals surface area (Å²) in [4.78, 5) is 5.91. The molecule has 1 heterocycles. The van der Waals surface area contributed by atoms with Gasteiger partial charge in [0.2, 0.25) is 0 Å².